The fourth-order valence-corrected chi connectivity index (χ4v) is 4.57. The van der Waals surface area contributed by atoms with Crippen LogP contribution in [0.1, 0.15) is 46.1 Å². The fraction of sp³-hybridized carbons (Fsp3) is 0.562. The largest absolute Gasteiger partial charge is 0.481 e. The van der Waals surface area contributed by atoms with Crippen molar-refractivity contribution in [2.24, 2.45) is 17.6 Å². The van der Waals surface area contributed by atoms with Crippen molar-refractivity contribution in [1.82, 2.24) is 31.9 Å². The number of nitrogens with one attached hydrogen (secondary N) is 6. The number of rotatable bonds is 22. The maximum Gasteiger partial charge on any atom is 0.326 e. The molecule has 12 N–H and O–H groups in total. The second-order valence-corrected chi connectivity index (χ2v) is 12.5. The van der Waals surface area contributed by atoms with Crippen molar-refractivity contribution in [1.29, 1.82) is 0 Å². The lowest BCUT2D eigenvalue weighted by Crippen LogP contribution is -2.59. The highest BCUT2D eigenvalue weighted by atomic mass is 16.4. The Morgan fingerprint density at radius 1 is 0.667 bits per heavy atom. The minimum absolute atomic E-state index is 0.0589. The Balaban J connectivity index is 2.88. The van der Waals surface area contributed by atoms with Gasteiger partial charge in [0.1, 0.15) is 30.2 Å². The zero-order chi connectivity index (χ0) is 38.8. The van der Waals surface area contributed by atoms with E-state index in [9.17, 15) is 58.8 Å². The highest BCUT2D eigenvalue weighted by molar-refractivity contribution is 5.97. The number of aliphatic hydroxyl groups excluding tert-OH is 2. The molecule has 0 aromatic heterocycles. The number of nitrogens with two attached hydrogens (primary N) is 1. The maximum atomic E-state index is 13.1. The Labute approximate surface area is 294 Å². The van der Waals surface area contributed by atoms with Crippen molar-refractivity contribution in [3.8, 4) is 0 Å². The van der Waals surface area contributed by atoms with E-state index in [2.05, 4.69) is 31.9 Å². The molecule has 0 aliphatic rings. The first-order chi connectivity index (χ1) is 23.9. The zero-order valence-electron chi connectivity index (χ0n) is 28.9. The van der Waals surface area contributed by atoms with Crippen molar-refractivity contribution in [2.75, 3.05) is 19.8 Å². The fourth-order valence-electron chi connectivity index (χ4n) is 4.57. The van der Waals surface area contributed by atoms with Gasteiger partial charge in [0.2, 0.25) is 35.4 Å². The number of carbonyl (C=O) groups is 8. The molecule has 0 spiro atoms. The Hall–Kier alpha value is -5.14. The Bertz CT molecular complexity index is 1380. The number of hydrogen-bond donors (Lipinski definition) is 11. The molecule has 0 heterocycles. The number of carboxylic acids is 2. The summed E-state index contributed by atoms with van der Waals surface area (Å²) in [6.45, 7) is 4.06. The van der Waals surface area contributed by atoms with Crippen LogP contribution >= 0.6 is 0 Å². The quantitative estimate of drug-likeness (QED) is 0.0550. The number of benzene rings is 1. The van der Waals surface area contributed by atoms with E-state index >= 15 is 0 Å². The smallest absolute Gasteiger partial charge is 0.326 e. The third kappa shape index (κ3) is 16.0. The molecule has 19 nitrogen and oxygen atoms in total. The predicted molar refractivity (Wildman–Crippen MR) is 179 cm³/mol. The van der Waals surface area contributed by atoms with Gasteiger partial charge in [0.25, 0.3) is 0 Å². The van der Waals surface area contributed by atoms with Gasteiger partial charge in [0.05, 0.1) is 32.2 Å². The van der Waals surface area contributed by atoms with Gasteiger partial charge in [-0.2, -0.15) is 0 Å². The normalized spacial score (nSPS) is 14.5. The molecule has 1 aromatic rings. The third-order valence-electron chi connectivity index (χ3n) is 7.29. The van der Waals surface area contributed by atoms with Gasteiger partial charge in [0, 0.05) is 6.42 Å². The van der Waals surface area contributed by atoms with Gasteiger partial charge >= 0.3 is 11.9 Å². The first-order valence-corrected chi connectivity index (χ1v) is 16.1. The van der Waals surface area contributed by atoms with Crippen LogP contribution in [0.2, 0.25) is 0 Å². The van der Waals surface area contributed by atoms with Gasteiger partial charge in [0.15, 0.2) is 0 Å². The molecule has 0 unspecified atom stereocenters. The summed E-state index contributed by atoms with van der Waals surface area (Å²) in [7, 11) is 0. The van der Waals surface area contributed by atoms with Crippen LogP contribution in [0.3, 0.4) is 0 Å². The second kappa shape index (κ2) is 21.8. The van der Waals surface area contributed by atoms with Gasteiger partial charge in [-0.05, 0) is 23.8 Å². The summed E-state index contributed by atoms with van der Waals surface area (Å²) in [5.41, 5.74) is 6.41. The highest BCUT2D eigenvalue weighted by Gasteiger charge is 2.33. The van der Waals surface area contributed by atoms with E-state index in [0.29, 0.717) is 12.0 Å². The van der Waals surface area contributed by atoms with Crippen LogP contribution in [-0.2, 0) is 44.8 Å². The molecule has 0 bridgehead atoms. The molecule has 51 heavy (non-hydrogen) atoms. The van der Waals surface area contributed by atoms with E-state index in [4.69, 9.17) is 5.73 Å². The second-order valence-electron chi connectivity index (χ2n) is 12.5. The van der Waals surface area contributed by atoms with Gasteiger partial charge in [-0.3, -0.25) is 33.6 Å². The third-order valence-corrected chi connectivity index (χ3v) is 7.29. The topological polar surface area (TPSA) is 316 Å². The lowest BCUT2D eigenvalue weighted by Gasteiger charge is -2.26. The summed E-state index contributed by atoms with van der Waals surface area (Å²) in [5.74, 6) is -9.26. The average Bonchev–Trinajstić information content (AvgIpc) is 3.05. The van der Waals surface area contributed by atoms with Crippen molar-refractivity contribution < 1.29 is 58.8 Å². The number of carboxylic acid groups (broad SMARTS) is 2. The van der Waals surface area contributed by atoms with Crippen molar-refractivity contribution in [2.45, 2.75) is 83.2 Å². The molecular weight excluding hydrogens is 674 g/mol. The van der Waals surface area contributed by atoms with Crippen LogP contribution in [0.5, 0.6) is 0 Å². The summed E-state index contributed by atoms with van der Waals surface area (Å²) < 4.78 is 0. The molecule has 0 saturated heterocycles. The van der Waals surface area contributed by atoms with E-state index in [1.165, 1.54) is 0 Å². The van der Waals surface area contributed by atoms with Gasteiger partial charge in [-0.15, -0.1) is 0 Å². The number of aliphatic hydroxyl groups is 2. The first-order valence-electron chi connectivity index (χ1n) is 16.1. The molecule has 6 amide bonds. The molecule has 0 radical (unpaired) electrons. The van der Waals surface area contributed by atoms with Crippen LogP contribution in [0.4, 0.5) is 0 Å². The van der Waals surface area contributed by atoms with E-state index in [1.807, 2.05) is 13.8 Å². The highest BCUT2D eigenvalue weighted by Crippen LogP contribution is 2.08. The number of aliphatic carboxylic acids is 2. The molecule has 1 rings (SSSR count). The lowest BCUT2D eigenvalue weighted by molar-refractivity contribution is -0.143. The summed E-state index contributed by atoms with van der Waals surface area (Å²) in [6, 6.07) is -0.115. The van der Waals surface area contributed by atoms with E-state index in [0.717, 1.165) is 0 Å². The minimum atomic E-state index is -1.75. The van der Waals surface area contributed by atoms with Crippen LogP contribution in [0.25, 0.3) is 0 Å². The van der Waals surface area contributed by atoms with E-state index < -0.39 is 116 Å². The van der Waals surface area contributed by atoms with Gasteiger partial charge in [-0.1, -0.05) is 58.0 Å². The Morgan fingerprint density at radius 3 is 1.71 bits per heavy atom. The summed E-state index contributed by atoms with van der Waals surface area (Å²) in [4.78, 5) is 99.7. The number of carbonyl (C=O) groups excluding carboxylic acids is 6. The van der Waals surface area contributed by atoms with Crippen LogP contribution in [-0.4, -0.2) is 124 Å². The summed E-state index contributed by atoms with van der Waals surface area (Å²) >= 11 is 0. The molecule has 19 heteroatoms. The molecule has 1 aromatic carbocycles. The Morgan fingerprint density at radius 2 is 1.20 bits per heavy atom. The monoisotopic (exact) mass is 723 g/mol. The molecule has 6 atom stereocenters. The zero-order valence-corrected chi connectivity index (χ0v) is 28.9. The predicted octanol–water partition coefficient (Wildman–Crippen LogP) is -3.66. The van der Waals surface area contributed by atoms with Crippen molar-refractivity contribution in [3.63, 3.8) is 0 Å². The van der Waals surface area contributed by atoms with Crippen molar-refractivity contribution >= 4 is 47.4 Å². The minimum Gasteiger partial charge on any atom is -0.481 e. The summed E-state index contributed by atoms with van der Waals surface area (Å²) in [5, 5.41) is 51.6. The molecule has 284 valence electrons. The van der Waals surface area contributed by atoms with Gasteiger partial charge < -0.3 is 58.1 Å². The lowest BCUT2D eigenvalue weighted by atomic mass is 10.0. The van der Waals surface area contributed by atoms with Crippen LogP contribution in [0.15, 0.2) is 30.3 Å². The standard InChI is InChI=1S/C32H49N7O12/c1-16(2)10-19(33)27(45)37-23(15-41)30(48)38-22(14-40)28(46)34-13-24(42)35-20(12-25(43)44)29(47)39-26(17(3)4)31(49)36-21(32(50)51)11-18-8-6-5-7-9-18/h5-9,16-17,19-23,26,40-41H,10-15,33H2,1-4H3,(H,34,46)(H,35,42)(H,36,49)(H,37,45)(H,38,48)(H,39,47)(H,43,44)(H,50,51)/t19-,20-,21-,22-,23-,26-/m0/s1. The number of hydrogen-bond acceptors (Lipinski definition) is 11. The van der Waals surface area contributed by atoms with E-state index in [1.54, 1.807) is 44.2 Å². The average molecular weight is 724 g/mol. The van der Waals surface area contributed by atoms with Crippen molar-refractivity contribution in [3.05, 3.63) is 35.9 Å². The Kier molecular flexibility index (Phi) is 18.8. The SMILES string of the molecule is CC(C)C[C@H](N)C(=O)N[C@@H](CO)C(=O)N[C@@H](CO)C(=O)NCC(=O)N[C@@H](CC(=O)O)C(=O)N[C@H](C(=O)N[C@@H](Cc1ccccc1)C(=O)O)C(C)C. The number of amides is 6. The first kappa shape index (κ1) is 43.9. The molecule has 0 saturated carbocycles. The molecule has 0 fully saturated rings. The van der Waals surface area contributed by atoms with Crippen LogP contribution < -0.4 is 37.6 Å². The molecule has 0 aliphatic carbocycles. The van der Waals surface area contributed by atoms with Gasteiger partial charge in [-0.25, -0.2) is 4.79 Å². The molecule has 0 aliphatic heterocycles. The van der Waals surface area contributed by atoms with Crippen LogP contribution in [0, 0.1) is 11.8 Å². The maximum absolute atomic E-state index is 13.1. The van der Waals surface area contributed by atoms with E-state index in [-0.39, 0.29) is 12.3 Å². The molecular formula is C32H49N7O12. The summed E-state index contributed by atoms with van der Waals surface area (Å²) in [6.07, 6.45) is -0.703.